The molecule has 1 aliphatic rings. The third-order valence-corrected chi connectivity index (χ3v) is 3.19. The first-order valence-electron chi connectivity index (χ1n) is 6.16. The minimum absolute atomic E-state index is 0.771. The van der Waals surface area contributed by atoms with Gasteiger partial charge in [0.15, 0.2) is 0 Å². The Morgan fingerprint density at radius 1 is 1.00 bits per heavy atom. The first-order chi connectivity index (χ1) is 7.45. The Kier molecular flexibility index (Phi) is 4.01. The maximum atomic E-state index is 2.44. The maximum Gasteiger partial charge on any atom is -0.0193 e. The van der Waals surface area contributed by atoms with Gasteiger partial charge in [0.2, 0.25) is 0 Å². The SMILES string of the molecule is C1=CC(Cc2ccccc2)CCCCC1. The van der Waals surface area contributed by atoms with Gasteiger partial charge in [-0.05, 0) is 37.2 Å². The lowest BCUT2D eigenvalue weighted by Gasteiger charge is -2.14. The summed E-state index contributed by atoms with van der Waals surface area (Å²) in [5, 5.41) is 0. The van der Waals surface area contributed by atoms with Gasteiger partial charge in [-0.25, -0.2) is 0 Å². The predicted octanol–water partition coefficient (Wildman–Crippen LogP) is 4.37. The first kappa shape index (κ1) is 10.5. The van der Waals surface area contributed by atoms with Crippen LogP contribution in [0.2, 0.25) is 0 Å². The van der Waals surface area contributed by atoms with Gasteiger partial charge in [0.1, 0.15) is 0 Å². The molecule has 1 aromatic rings. The summed E-state index contributed by atoms with van der Waals surface area (Å²) < 4.78 is 0. The van der Waals surface area contributed by atoms with Crippen LogP contribution >= 0.6 is 0 Å². The Hall–Kier alpha value is -1.04. The molecule has 0 fully saturated rings. The molecule has 0 amide bonds. The number of allylic oxidation sites excluding steroid dienone is 2. The van der Waals surface area contributed by atoms with Gasteiger partial charge in [-0.1, -0.05) is 55.3 Å². The van der Waals surface area contributed by atoms with Crippen LogP contribution in [0.1, 0.15) is 37.7 Å². The summed E-state index contributed by atoms with van der Waals surface area (Å²) in [6.07, 6.45) is 12.9. The number of benzene rings is 1. The van der Waals surface area contributed by atoms with E-state index in [1.165, 1.54) is 44.1 Å². The predicted molar refractivity (Wildman–Crippen MR) is 65.9 cm³/mol. The van der Waals surface area contributed by atoms with E-state index in [0.717, 1.165) is 5.92 Å². The number of hydrogen-bond donors (Lipinski definition) is 0. The molecule has 1 aromatic carbocycles. The van der Waals surface area contributed by atoms with Crippen LogP contribution in [0.25, 0.3) is 0 Å². The molecule has 0 heteroatoms. The zero-order chi connectivity index (χ0) is 10.3. The third-order valence-electron chi connectivity index (χ3n) is 3.19. The van der Waals surface area contributed by atoms with Gasteiger partial charge in [-0.2, -0.15) is 0 Å². The molecule has 2 rings (SSSR count). The fraction of sp³-hybridized carbons (Fsp3) is 0.467. The number of hydrogen-bond acceptors (Lipinski definition) is 0. The van der Waals surface area contributed by atoms with Crippen molar-refractivity contribution < 1.29 is 0 Å². The van der Waals surface area contributed by atoms with E-state index in [0.29, 0.717) is 0 Å². The van der Waals surface area contributed by atoms with E-state index in [-0.39, 0.29) is 0 Å². The van der Waals surface area contributed by atoms with Gasteiger partial charge in [-0.15, -0.1) is 0 Å². The molecule has 80 valence electrons. The summed E-state index contributed by atoms with van der Waals surface area (Å²) in [7, 11) is 0. The standard InChI is InChI=1S/C15H20/c1-2-5-9-14(10-6-3-1)13-15-11-7-4-8-12-15/h4-5,7-9,11-12,14H,1-3,6,10,13H2. The summed E-state index contributed by atoms with van der Waals surface area (Å²) in [6.45, 7) is 0. The Morgan fingerprint density at radius 2 is 1.87 bits per heavy atom. The normalized spacial score (nSPS) is 22.0. The lowest BCUT2D eigenvalue weighted by Crippen LogP contribution is -2.03. The molecule has 0 spiro atoms. The van der Waals surface area contributed by atoms with Crippen LogP contribution in [0.5, 0.6) is 0 Å². The molecule has 0 saturated carbocycles. The zero-order valence-corrected chi connectivity index (χ0v) is 9.36. The van der Waals surface area contributed by atoms with E-state index >= 15 is 0 Å². The van der Waals surface area contributed by atoms with Crippen LogP contribution in [0.3, 0.4) is 0 Å². The average Bonchev–Trinajstić information content (AvgIpc) is 2.23. The smallest absolute Gasteiger partial charge is 0.0193 e. The van der Waals surface area contributed by atoms with Crippen LogP contribution in [0, 0.1) is 5.92 Å². The first-order valence-corrected chi connectivity index (χ1v) is 6.16. The van der Waals surface area contributed by atoms with Crippen molar-refractivity contribution in [1.29, 1.82) is 0 Å². The molecular formula is C15H20. The lowest BCUT2D eigenvalue weighted by atomic mass is 9.91. The molecular weight excluding hydrogens is 180 g/mol. The van der Waals surface area contributed by atoms with Crippen LogP contribution in [0.4, 0.5) is 0 Å². The van der Waals surface area contributed by atoms with Gasteiger partial charge >= 0.3 is 0 Å². The van der Waals surface area contributed by atoms with E-state index in [1.807, 2.05) is 0 Å². The van der Waals surface area contributed by atoms with Crippen LogP contribution in [0.15, 0.2) is 42.5 Å². The van der Waals surface area contributed by atoms with Gasteiger partial charge in [0, 0.05) is 0 Å². The summed E-state index contributed by atoms with van der Waals surface area (Å²) >= 11 is 0. The third kappa shape index (κ3) is 3.54. The van der Waals surface area contributed by atoms with Crippen molar-refractivity contribution in [3.8, 4) is 0 Å². The molecule has 0 N–H and O–H groups in total. The molecule has 15 heavy (non-hydrogen) atoms. The van der Waals surface area contributed by atoms with E-state index in [4.69, 9.17) is 0 Å². The van der Waals surface area contributed by atoms with E-state index in [1.54, 1.807) is 0 Å². The fourth-order valence-electron chi connectivity index (χ4n) is 2.32. The molecule has 1 atom stereocenters. The van der Waals surface area contributed by atoms with Crippen molar-refractivity contribution in [3.05, 3.63) is 48.0 Å². The molecule has 0 bridgehead atoms. The van der Waals surface area contributed by atoms with Gasteiger partial charge in [0.05, 0.1) is 0 Å². The van der Waals surface area contributed by atoms with E-state index in [9.17, 15) is 0 Å². The van der Waals surface area contributed by atoms with Crippen LogP contribution in [-0.2, 0) is 6.42 Å². The quantitative estimate of drug-likeness (QED) is 0.622. The second-order valence-corrected chi connectivity index (χ2v) is 4.52. The van der Waals surface area contributed by atoms with Crippen LogP contribution < -0.4 is 0 Å². The minimum Gasteiger partial charge on any atom is -0.0882 e. The fourth-order valence-corrected chi connectivity index (χ4v) is 2.32. The minimum atomic E-state index is 0.771. The summed E-state index contributed by atoms with van der Waals surface area (Å²) in [4.78, 5) is 0. The molecule has 0 saturated heterocycles. The van der Waals surface area contributed by atoms with Gasteiger partial charge < -0.3 is 0 Å². The van der Waals surface area contributed by atoms with Gasteiger partial charge in [-0.3, -0.25) is 0 Å². The van der Waals surface area contributed by atoms with E-state index < -0.39 is 0 Å². The highest BCUT2D eigenvalue weighted by Gasteiger charge is 2.07. The maximum absolute atomic E-state index is 2.44. The monoisotopic (exact) mass is 200 g/mol. The molecule has 0 aromatic heterocycles. The largest absolute Gasteiger partial charge is 0.0882 e. The summed E-state index contributed by atoms with van der Waals surface area (Å²) in [6, 6.07) is 10.9. The highest BCUT2D eigenvalue weighted by molar-refractivity contribution is 5.16. The molecule has 1 unspecified atom stereocenters. The van der Waals surface area contributed by atoms with Gasteiger partial charge in [0.25, 0.3) is 0 Å². The molecule has 1 aliphatic carbocycles. The van der Waals surface area contributed by atoms with Crippen LogP contribution in [-0.4, -0.2) is 0 Å². The van der Waals surface area contributed by atoms with Crippen molar-refractivity contribution in [3.63, 3.8) is 0 Å². The second kappa shape index (κ2) is 5.75. The molecule has 0 heterocycles. The lowest BCUT2D eigenvalue weighted by molar-refractivity contribution is 0.518. The summed E-state index contributed by atoms with van der Waals surface area (Å²) in [5.41, 5.74) is 1.48. The molecule has 0 nitrogen and oxygen atoms in total. The average molecular weight is 200 g/mol. The van der Waals surface area contributed by atoms with Crippen molar-refractivity contribution in [1.82, 2.24) is 0 Å². The Bertz CT molecular complexity index is 297. The van der Waals surface area contributed by atoms with Crippen molar-refractivity contribution in [2.75, 3.05) is 0 Å². The number of rotatable bonds is 2. The molecule has 0 aliphatic heterocycles. The Morgan fingerprint density at radius 3 is 2.73 bits per heavy atom. The zero-order valence-electron chi connectivity index (χ0n) is 9.36. The van der Waals surface area contributed by atoms with E-state index in [2.05, 4.69) is 42.5 Å². The molecule has 0 radical (unpaired) electrons. The van der Waals surface area contributed by atoms with Crippen molar-refractivity contribution >= 4 is 0 Å². The highest BCUT2D eigenvalue weighted by Crippen LogP contribution is 2.20. The topological polar surface area (TPSA) is 0 Å². The van der Waals surface area contributed by atoms with Crippen molar-refractivity contribution in [2.24, 2.45) is 5.92 Å². The Balaban J connectivity index is 1.95. The highest BCUT2D eigenvalue weighted by atomic mass is 14.1. The van der Waals surface area contributed by atoms with Crippen molar-refractivity contribution in [2.45, 2.75) is 38.5 Å². The second-order valence-electron chi connectivity index (χ2n) is 4.52. The Labute approximate surface area is 93.0 Å². The summed E-state index contributed by atoms with van der Waals surface area (Å²) in [5.74, 6) is 0.771.